The Bertz CT molecular complexity index is 3930. The number of rotatable bonds is 13. The lowest BCUT2D eigenvalue weighted by molar-refractivity contribution is 0.151. The van der Waals surface area contributed by atoms with Gasteiger partial charge >= 0.3 is 0 Å². The van der Waals surface area contributed by atoms with Crippen molar-refractivity contribution in [1.29, 1.82) is 0 Å². The van der Waals surface area contributed by atoms with Crippen molar-refractivity contribution in [1.82, 2.24) is 24.1 Å². The zero-order valence-corrected chi connectivity index (χ0v) is 45.8. The summed E-state index contributed by atoms with van der Waals surface area (Å²) in [6.07, 6.45) is -2.67. The first-order valence-electron chi connectivity index (χ1n) is 26.9. The molecule has 0 spiro atoms. The van der Waals surface area contributed by atoms with E-state index in [9.17, 15) is 8.78 Å². The maximum absolute atomic E-state index is 14.5. The third kappa shape index (κ3) is 9.51. The monoisotopic (exact) mass is 1020 g/mol. The van der Waals surface area contributed by atoms with E-state index < -0.39 is 11.8 Å². The largest absolute Gasteiger partial charge is 0.453 e. The number of oxazole rings is 1. The lowest BCUT2D eigenvalue weighted by Crippen LogP contribution is -2.10. The van der Waals surface area contributed by atoms with Gasteiger partial charge in [0.1, 0.15) is 22.9 Å². The number of imidazole rings is 2. The molecular formula is C68H65F2N5O2. The molecular weight excluding hydrogens is 957 g/mol. The summed E-state index contributed by atoms with van der Waals surface area (Å²) in [4.78, 5) is 15.8. The molecule has 0 saturated carbocycles. The molecule has 11 rings (SSSR count). The van der Waals surface area contributed by atoms with Crippen LogP contribution in [0.2, 0.25) is 0 Å². The molecule has 3 heterocycles. The Hall–Kier alpha value is -8.17. The number of aromatic nitrogens is 5. The molecule has 7 nitrogen and oxygen atoms in total. The first kappa shape index (κ1) is 51.0. The molecule has 0 amide bonds. The van der Waals surface area contributed by atoms with Crippen LogP contribution in [0.4, 0.5) is 8.78 Å². The van der Waals surface area contributed by atoms with Crippen molar-refractivity contribution < 1.29 is 17.9 Å². The molecule has 0 bridgehead atoms. The lowest BCUT2D eigenvalue weighted by atomic mass is 9.88. The molecule has 0 fully saturated rings. The van der Waals surface area contributed by atoms with Gasteiger partial charge in [-0.3, -0.25) is 9.13 Å². The number of hydrogen-bond acceptors (Lipinski definition) is 5. The van der Waals surface area contributed by atoms with Crippen LogP contribution < -0.4 is 4.74 Å². The maximum Gasteiger partial charge on any atom is 0.263 e. The summed E-state index contributed by atoms with van der Waals surface area (Å²) in [5.74, 6) is 3.49. The molecule has 8 aromatic carbocycles. The molecule has 77 heavy (non-hydrogen) atoms. The Morgan fingerprint density at radius 1 is 0.442 bits per heavy atom. The normalized spacial score (nSPS) is 12.3. The van der Waals surface area contributed by atoms with Gasteiger partial charge in [0.05, 0.1) is 33.4 Å². The predicted octanol–water partition coefficient (Wildman–Crippen LogP) is 19.7. The van der Waals surface area contributed by atoms with Gasteiger partial charge in [0.15, 0.2) is 11.3 Å². The Balaban J connectivity index is 1.11. The summed E-state index contributed by atoms with van der Waals surface area (Å²) in [5, 5.41) is 0. The summed E-state index contributed by atoms with van der Waals surface area (Å²) in [6, 6.07) is 55.4. The quantitative estimate of drug-likeness (QED) is 0.115. The van der Waals surface area contributed by atoms with Gasteiger partial charge in [0.25, 0.3) is 6.43 Å². The average molecular weight is 1020 g/mol. The highest BCUT2D eigenvalue weighted by Gasteiger charge is 2.29. The summed E-state index contributed by atoms with van der Waals surface area (Å²) in [7, 11) is 0. The number of ether oxygens (including phenoxy) is 1. The zero-order chi connectivity index (χ0) is 54.0. The van der Waals surface area contributed by atoms with Crippen molar-refractivity contribution in [3.8, 4) is 67.9 Å². The highest BCUT2D eigenvalue weighted by Crippen LogP contribution is 2.45. The van der Waals surface area contributed by atoms with E-state index in [2.05, 4.69) is 188 Å². The van der Waals surface area contributed by atoms with E-state index in [1.54, 1.807) is 6.07 Å². The van der Waals surface area contributed by atoms with Crippen LogP contribution in [-0.4, -0.2) is 24.1 Å². The van der Waals surface area contributed by atoms with Gasteiger partial charge in [-0.05, 0) is 141 Å². The topological polar surface area (TPSA) is 70.9 Å². The van der Waals surface area contributed by atoms with Gasteiger partial charge in [-0.25, -0.2) is 23.7 Å². The predicted molar refractivity (Wildman–Crippen MR) is 312 cm³/mol. The van der Waals surface area contributed by atoms with Gasteiger partial charge in [-0.1, -0.05) is 167 Å². The first-order chi connectivity index (χ1) is 36.9. The molecule has 0 aliphatic carbocycles. The fourth-order valence-electron chi connectivity index (χ4n) is 10.7. The van der Waals surface area contributed by atoms with E-state index >= 15 is 0 Å². The van der Waals surface area contributed by atoms with E-state index in [1.807, 2.05) is 42.5 Å². The molecule has 3 aromatic heterocycles. The number of hydrogen-bond donors (Lipinski definition) is 0. The van der Waals surface area contributed by atoms with Crippen molar-refractivity contribution in [3.05, 3.63) is 197 Å². The number of fused-ring (bicyclic) bond motifs is 3. The third-order valence-corrected chi connectivity index (χ3v) is 14.7. The lowest BCUT2D eigenvalue weighted by Gasteiger charge is -2.24. The number of benzene rings is 8. The number of para-hydroxylation sites is 2. The Labute approximate surface area is 450 Å². The van der Waals surface area contributed by atoms with Crippen molar-refractivity contribution in [2.24, 2.45) is 0 Å². The van der Waals surface area contributed by atoms with Crippen molar-refractivity contribution >= 4 is 33.2 Å². The molecule has 0 aliphatic rings. The summed E-state index contributed by atoms with van der Waals surface area (Å²) < 4.78 is 47.3. The van der Waals surface area contributed by atoms with Crippen LogP contribution in [0.1, 0.15) is 140 Å². The highest BCUT2D eigenvalue weighted by atomic mass is 19.3. The van der Waals surface area contributed by atoms with Crippen LogP contribution in [0.3, 0.4) is 0 Å². The standard InChI is InChI=1S/C68H65F2N5O2/c1-39(2)51-32-47(43-21-14-12-15-22-43)33-52(40(3)4)61(51)74-58-28-19-18-27-55(58)71-65(74)46-25-20-26-50(31-46)76-60-38-49(37-57-63(60)77-67(73-57)68(9,10)11)66-72-56-36-45(64(69)70)29-30-59(56)75(66)62-53(41(5)6)34-48(35-54(62)42(7)8)44-23-16-13-17-24-44/h12-42,64H,1-11H3. The van der Waals surface area contributed by atoms with E-state index in [4.69, 9.17) is 24.1 Å². The van der Waals surface area contributed by atoms with Crippen LogP contribution in [0, 0.1) is 0 Å². The molecule has 0 radical (unpaired) electrons. The van der Waals surface area contributed by atoms with Gasteiger partial charge < -0.3 is 9.15 Å². The fourth-order valence-corrected chi connectivity index (χ4v) is 10.7. The minimum absolute atomic E-state index is 0.0890. The van der Waals surface area contributed by atoms with Gasteiger partial charge in [-0.2, -0.15) is 0 Å². The molecule has 0 saturated heterocycles. The molecule has 388 valence electrons. The fraction of sp³-hybridized carbons (Fsp3) is 0.250. The first-order valence-corrected chi connectivity index (χ1v) is 26.9. The van der Waals surface area contributed by atoms with E-state index in [1.165, 1.54) is 34.4 Å². The Kier molecular flexibility index (Phi) is 13.3. The number of halogens is 2. The van der Waals surface area contributed by atoms with Crippen LogP contribution >= 0.6 is 0 Å². The second-order valence-electron chi connectivity index (χ2n) is 22.7. The van der Waals surface area contributed by atoms with Gasteiger partial charge in [0.2, 0.25) is 5.89 Å². The van der Waals surface area contributed by atoms with E-state index in [0.717, 1.165) is 56.0 Å². The zero-order valence-electron chi connectivity index (χ0n) is 45.8. The van der Waals surface area contributed by atoms with Crippen molar-refractivity contribution in [2.45, 2.75) is 112 Å². The molecule has 0 N–H and O–H groups in total. The molecule has 0 atom stereocenters. The van der Waals surface area contributed by atoms with Crippen molar-refractivity contribution in [2.75, 3.05) is 0 Å². The Morgan fingerprint density at radius 2 is 0.935 bits per heavy atom. The number of nitrogens with zero attached hydrogens (tertiary/aromatic N) is 5. The van der Waals surface area contributed by atoms with Gasteiger partial charge in [-0.15, -0.1) is 0 Å². The summed E-state index contributed by atoms with van der Waals surface area (Å²) in [6.45, 7) is 24.0. The van der Waals surface area contributed by atoms with Crippen LogP contribution in [-0.2, 0) is 5.41 Å². The molecule has 11 aromatic rings. The number of alkyl halides is 2. The minimum atomic E-state index is -2.67. The second kappa shape index (κ2) is 20.1. The Morgan fingerprint density at radius 3 is 1.47 bits per heavy atom. The van der Waals surface area contributed by atoms with Crippen LogP contribution in [0.15, 0.2) is 168 Å². The molecule has 0 aliphatic heterocycles. The third-order valence-electron chi connectivity index (χ3n) is 14.7. The minimum Gasteiger partial charge on any atom is -0.453 e. The summed E-state index contributed by atoms with van der Waals surface area (Å²) >= 11 is 0. The van der Waals surface area contributed by atoms with Crippen LogP contribution in [0.25, 0.3) is 89.6 Å². The SMILES string of the molecule is CC(C)c1cc(-c2ccccc2)cc(C(C)C)c1-n1c(-c2cccc(Oc3cc(-c4nc5cc(C(F)F)ccc5n4-c4c(C(C)C)cc(-c5ccccc5)cc4C(C)C)cc4nc(C(C)(C)C)oc34)c2)nc2ccccc21. The smallest absolute Gasteiger partial charge is 0.263 e. The molecule has 9 heteroatoms. The van der Waals surface area contributed by atoms with E-state index in [0.29, 0.717) is 50.9 Å². The summed E-state index contributed by atoms with van der Waals surface area (Å²) in [5.41, 5.74) is 16.6. The average Bonchev–Trinajstić information content (AvgIpc) is 4.37. The second-order valence-corrected chi connectivity index (χ2v) is 22.7. The van der Waals surface area contributed by atoms with Gasteiger partial charge in [0, 0.05) is 22.1 Å². The maximum atomic E-state index is 14.5. The van der Waals surface area contributed by atoms with Crippen LogP contribution in [0.5, 0.6) is 11.5 Å². The highest BCUT2D eigenvalue weighted by molar-refractivity contribution is 5.91. The molecule has 0 unspecified atom stereocenters. The van der Waals surface area contributed by atoms with Crippen molar-refractivity contribution in [3.63, 3.8) is 0 Å². The van der Waals surface area contributed by atoms with E-state index in [-0.39, 0.29) is 29.2 Å².